The van der Waals surface area contributed by atoms with Gasteiger partial charge in [0.05, 0.1) is 0 Å². The zero-order chi connectivity index (χ0) is 8.65. The normalized spacial score (nSPS) is 15.8. The Morgan fingerprint density at radius 3 is 3.17 bits per heavy atom. The van der Waals surface area contributed by atoms with E-state index >= 15 is 0 Å². The van der Waals surface area contributed by atoms with Gasteiger partial charge in [0.2, 0.25) is 0 Å². The van der Waals surface area contributed by atoms with Crippen LogP contribution in [0.1, 0.15) is 25.7 Å². The van der Waals surface area contributed by atoms with Crippen molar-refractivity contribution in [3.8, 4) is 11.8 Å². The van der Waals surface area contributed by atoms with Crippen LogP contribution in [0.2, 0.25) is 0 Å². The van der Waals surface area contributed by atoms with Crippen molar-refractivity contribution in [2.75, 3.05) is 7.11 Å². The van der Waals surface area contributed by atoms with Crippen molar-refractivity contribution >= 4 is 6.21 Å². The molecule has 1 aliphatic carbocycles. The molecule has 0 saturated heterocycles. The molecule has 0 aromatic heterocycles. The molecule has 1 fully saturated rings. The standard InChI is InChI=1S/C10H14NO/c1-12-11-9-5-3-2-4-6-10-7-8-10/h7,9-10H,3,5-6,8H2,1H3. The maximum atomic E-state index is 4.51. The van der Waals surface area contributed by atoms with Crippen LogP contribution < -0.4 is 0 Å². The van der Waals surface area contributed by atoms with Crippen molar-refractivity contribution in [3.05, 3.63) is 6.42 Å². The first-order valence-electron chi connectivity index (χ1n) is 4.27. The van der Waals surface area contributed by atoms with Crippen LogP contribution in [-0.4, -0.2) is 13.3 Å². The van der Waals surface area contributed by atoms with Gasteiger partial charge in [0.15, 0.2) is 0 Å². The quantitative estimate of drug-likeness (QED) is 0.269. The number of hydrogen-bond donors (Lipinski definition) is 0. The van der Waals surface area contributed by atoms with Crippen molar-refractivity contribution in [1.82, 2.24) is 0 Å². The summed E-state index contributed by atoms with van der Waals surface area (Å²) in [5, 5.41) is 3.62. The zero-order valence-corrected chi connectivity index (χ0v) is 7.42. The average Bonchev–Trinajstić information content (AvgIpc) is 2.87. The molecule has 0 bridgehead atoms. The lowest BCUT2D eigenvalue weighted by Crippen LogP contribution is -1.76. The molecular weight excluding hydrogens is 150 g/mol. The summed E-state index contributed by atoms with van der Waals surface area (Å²) < 4.78 is 0. The predicted octanol–water partition coefficient (Wildman–Crippen LogP) is 2.02. The van der Waals surface area contributed by atoms with Crippen LogP contribution in [0, 0.1) is 24.2 Å². The maximum Gasteiger partial charge on any atom is 0.106 e. The highest BCUT2D eigenvalue weighted by molar-refractivity contribution is 5.56. The molecular formula is C10H14NO. The molecule has 0 N–H and O–H groups in total. The minimum Gasteiger partial charge on any atom is -0.399 e. The Morgan fingerprint density at radius 2 is 2.50 bits per heavy atom. The predicted molar refractivity (Wildman–Crippen MR) is 49.5 cm³/mol. The summed E-state index contributed by atoms with van der Waals surface area (Å²) in [4.78, 5) is 4.51. The lowest BCUT2D eigenvalue weighted by Gasteiger charge is -1.84. The maximum absolute atomic E-state index is 4.51. The second-order valence-corrected chi connectivity index (χ2v) is 2.80. The molecule has 65 valence electrons. The summed E-state index contributed by atoms with van der Waals surface area (Å²) in [5.74, 6) is 7.04. The molecule has 1 aliphatic rings. The molecule has 2 nitrogen and oxygen atoms in total. The number of oxime groups is 1. The molecule has 12 heavy (non-hydrogen) atoms. The van der Waals surface area contributed by atoms with Crippen LogP contribution in [-0.2, 0) is 4.84 Å². The third-order valence-electron chi connectivity index (χ3n) is 1.64. The van der Waals surface area contributed by atoms with E-state index in [1.807, 2.05) is 0 Å². The molecule has 0 aromatic carbocycles. The van der Waals surface area contributed by atoms with Crippen molar-refractivity contribution in [2.24, 2.45) is 11.1 Å². The van der Waals surface area contributed by atoms with E-state index in [0.717, 1.165) is 25.2 Å². The Bertz CT molecular complexity index is 196. The Kier molecular flexibility index (Phi) is 4.30. The fraction of sp³-hybridized carbons (Fsp3) is 0.600. The molecule has 1 radical (unpaired) electrons. The molecule has 0 aliphatic heterocycles. The van der Waals surface area contributed by atoms with E-state index in [4.69, 9.17) is 0 Å². The molecule has 0 spiro atoms. The van der Waals surface area contributed by atoms with E-state index < -0.39 is 0 Å². The molecule has 1 atom stereocenters. The van der Waals surface area contributed by atoms with Gasteiger partial charge in [0.1, 0.15) is 7.11 Å². The summed E-state index contributed by atoms with van der Waals surface area (Å²) in [5.41, 5.74) is 0. The van der Waals surface area contributed by atoms with Gasteiger partial charge in [-0.15, -0.1) is 11.8 Å². The Balaban J connectivity index is 1.91. The Morgan fingerprint density at radius 1 is 1.67 bits per heavy atom. The molecule has 0 aromatic rings. The molecule has 1 rings (SSSR count). The second kappa shape index (κ2) is 5.65. The van der Waals surface area contributed by atoms with Crippen molar-refractivity contribution in [2.45, 2.75) is 25.7 Å². The minimum atomic E-state index is 0.796. The van der Waals surface area contributed by atoms with Gasteiger partial charge in [0.25, 0.3) is 0 Å². The molecule has 0 amide bonds. The average molecular weight is 164 g/mol. The first kappa shape index (κ1) is 9.12. The lowest BCUT2D eigenvalue weighted by molar-refractivity contribution is 0.214. The summed E-state index contributed by atoms with van der Waals surface area (Å²) >= 11 is 0. The number of hydrogen-bond acceptors (Lipinski definition) is 2. The van der Waals surface area contributed by atoms with Crippen LogP contribution in [0.25, 0.3) is 0 Å². The number of nitrogens with zero attached hydrogens (tertiary/aromatic N) is 1. The van der Waals surface area contributed by atoms with Gasteiger partial charge in [-0.05, 0) is 25.2 Å². The Hall–Kier alpha value is -0.970. The fourth-order valence-corrected chi connectivity index (χ4v) is 0.819. The summed E-state index contributed by atoms with van der Waals surface area (Å²) in [6.07, 6.45) is 8.12. The van der Waals surface area contributed by atoms with E-state index in [0.29, 0.717) is 0 Å². The van der Waals surface area contributed by atoms with Gasteiger partial charge in [-0.25, -0.2) is 0 Å². The largest absolute Gasteiger partial charge is 0.399 e. The Labute approximate surface area is 74.0 Å². The van der Waals surface area contributed by atoms with E-state index in [9.17, 15) is 0 Å². The van der Waals surface area contributed by atoms with Crippen LogP contribution in [0.3, 0.4) is 0 Å². The third kappa shape index (κ3) is 4.79. The van der Waals surface area contributed by atoms with Gasteiger partial charge in [-0.2, -0.15) is 0 Å². The van der Waals surface area contributed by atoms with E-state index in [1.165, 1.54) is 6.42 Å². The van der Waals surface area contributed by atoms with Gasteiger partial charge in [-0.1, -0.05) is 5.16 Å². The van der Waals surface area contributed by atoms with Crippen LogP contribution in [0.4, 0.5) is 0 Å². The summed E-state index contributed by atoms with van der Waals surface area (Å²) in [7, 11) is 1.55. The van der Waals surface area contributed by atoms with Crippen molar-refractivity contribution in [1.29, 1.82) is 0 Å². The van der Waals surface area contributed by atoms with Gasteiger partial charge < -0.3 is 4.84 Å². The van der Waals surface area contributed by atoms with Gasteiger partial charge >= 0.3 is 0 Å². The molecule has 0 heterocycles. The highest BCUT2D eigenvalue weighted by Crippen LogP contribution is 2.30. The molecule has 1 unspecified atom stereocenters. The number of rotatable bonds is 4. The summed E-state index contributed by atoms with van der Waals surface area (Å²) in [6, 6.07) is 0. The highest BCUT2D eigenvalue weighted by atomic mass is 16.6. The van der Waals surface area contributed by atoms with Gasteiger partial charge in [-0.3, -0.25) is 0 Å². The van der Waals surface area contributed by atoms with Crippen LogP contribution in [0.5, 0.6) is 0 Å². The first-order valence-corrected chi connectivity index (χ1v) is 4.27. The third-order valence-corrected chi connectivity index (χ3v) is 1.64. The van der Waals surface area contributed by atoms with Crippen molar-refractivity contribution < 1.29 is 4.84 Å². The minimum absolute atomic E-state index is 0.796. The van der Waals surface area contributed by atoms with E-state index in [1.54, 1.807) is 13.3 Å². The highest BCUT2D eigenvalue weighted by Gasteiger charge is 2.19. The SMILES string of the molecule is CON=CCCC#CCC1[CH]C1. The summed E-state index contributed by atoms with van der Waals surface area (Å²) in [6.45, 7) is 0. The number of unbranched alkanes of at least 4 members (excludes halogenated alkanes) is 1. The fourth-order valence-electron chi connectivity index (χ4n) is 0.819. The van der Waals surface area contributed by atoms with Gasteiger partial charge in [0, 0.05) is 19.1 Å². The van der Waals surface area contributed by atoms with E-state index in [-0.39, 0.29) is 0 Å². The zero-order valence-electron chi connectivity index (χ0n) is 7.42. The van der Waals surface area contributed by atoms with E-state index in [2.05, 4.69) is 28.3 Å². The molecule has 2 heteroatoms. The smallest absolute Gasteiger partial charge is 0.106 e. The van der Waals surface area contributed by atoms with Crippen LogP contribution >= 0.6 is 0 Å². The topological polar surface area (TPSA) is 21.6 Å². The monoisotopic (exact) mass is 164 g/mol. The van der Waals surface area contributed by atoms with Crippen molar-refractivity contribution in [3.63, 3.8) is 0 Å². The first-order chi connectivity index (χ1) is 5.93. The van der Waals surface area contributed by atoms with Crippen LogP contribution in [0.15, 0.2) is 5.16 Å². The second-order valence-electron chi connectivity index (χ2n) is 2.80. The lowest BCUT2D eigenvalue weighted by atomic mass is 10.2. The molecule has 1 saturated carbocycles.